The van der Waals surface area contributed by atoms with Crippen molar-refractivity contribution in [3.05, 3.63) is 47.9 Å². The summed E-state index contributed by atoms with van der Waals surface area (Å²) in [6.45, 7) is 1.87. The summed E-state index contributed by atoms with van der Waals surface area (Å²) >= 11 is 6.08. The van der Waals surface area contributed by atoms with Crippen LogP contribution >= 0.6 is 11.6 Å². The standard InChI is InChI=1S/C20H22ClN5O4S/c1-2-12(10-30-31(22,28)29)18(27)9-26-6-5-15-19(23-11-24-20(15)26)17-7-13-3-4-14(21)8-16(13)25-17/h3-8,11-12,18,25,27H,2,9-10H2,1H3,(H2,22,28,29)/t12-,18-/m0/s1. The summed E-state index contributed by atoms with van der Waals surface area (Å²) in [4.78, 5) is 12.2. The van der Waals surface area contributed by atoms with E-state index in [1.807, 2.05) is 48.0 Å². The molecule has 4 aromatic rings. The number of hydrogen-bond donors (Lipinski definition) is 3. The summed E-state index contributed by atoms with van der Waals surface area (Å²) in [6.07, 6.45) is 2.96. The quantitative estimate of drug-likeness (QED) is 0.367. The first-order chi connectivity index (χ1) is 14.7. The van der Waals surface area contributed by atoms with Crippen LogP contribution in [0.4, 0.5) is 0 Å². The van der Waals surface area contributed by atoms with Crippen molar-refractivity contribution in [2.75, 3.05) is 6.61 Å². The van der Waals surface area contributed by atoms with Crippen LogP contribution in [-0.4, -0.2) is 45.8 Å². The molecule has 9 nitrogen and oxygen atoms in total. The lowest BCUT2D eigenvalue weighted by Gasteiger charge is -2.21. The van der Waals surface area contributed by atoms with Crippen molar-refractivity contribution in [3.8, 4) is 11.4 Å². The minimum Gasteiger partial charge on any atom is -0.391 e. The minimum absolute atomic E-state index is 0.187. The Kier molecular flexibility index (Phi) is 6.00. The fourth-order valence-corrected chi connectivity index (χ4v) is 4.16. The van der Waals surface area contributed by atoms with Crippen LogP contribution in [0.5, 0.6) is 0 Å². The summed E-state index contributed by atoms with van der Waals surface area (Å²) < 4.78 is 28.6. The van der Waals surface area contributed by atoms with Gasteiger partial charge in [-0.25, -0.2) is 15.1 Å². The Labute approximate surface area is 184 Å². The Hall–Kier alpha value is -2.50. The third-order valence-corrected chi connectivity index (χ3v) is 5.99. The van der Waals surface area contributed by atoms with Gasteiger partial charge < -0.3 is 14.7 Å². The first-order valence-electron chi connectivity index (χ1n) is 9.69. The summed E-state index contributed by atoms with van der Waals surface area (Å²) in [5.41, 5.74) is 3.12. The number of aliphatic hydroxyl groups is 1. The van der Waals surface area contributed by atoms with Crippen molar-refractivity contribution in [2.45, 2.75) is 26.0 Å². The number of nitrogens with one attached hydrogen (secondary N) is 1. The lowest BCUT2D eigenvalue weighted by Crippen LogP contribution is -2.31. The highest BCUT2D eigenvalue weighted by Gasteiger charge is 2.22. The Balaban J connectivity index is 1.62. The van der Waals surface area contributed by atoms with Gasteiger partial charge in [0, 0.05) is 33.4 Å². The van der Waals surface area contributed by atoms with E-state index < -0.39 is 22.3 Å². The maximum atomic E-state index is 11.1. The molecule has 0 saturated heterocycles. The molecule has 11 heteroatoms. The van der Waals surface area contributed by atoms with Gasteiger partial charge in [0.1, 0.15) is 12.0 Å². The lowest BCUT2D eigenvalue weighted by atomic mass is 10.0. The predicted molar refractivity (Wildman–Crippen MR) is 119 cm³/mol. The van der Waals surface area contributed by atoms with E-state index in [-0.39, 0.29) is 13.2 Å². The van der Waals surface area contributed by atoms with Crippen molar-refractivity contribution < 1.29 is 17.7 Å². The average molecular weight is 464 g/mol. The normalized spacial score (nSPS) is 14.3. The second kappa shape index (κ2) is 8.56. The number of fused-ring (bicyclic) bond motifs is 2. The van der Waals surface area contributed by atoms with E-state index in [0.29, 0.717) is 17.1 Å². The number of benzene rings is 1. The molecule has 31 heavy (non-hydrogen) atoms. The summed E-state index contributed by atoms with van der Waals surface area (Å²) in [5, 5.41) is 18.0. The molecule has 4 N–H and O–H groups in total. The zero-order chi connectivity index (χ0) is 22.2. The van der Waals surface area contributed by atoms with Gasteiger partial charge in [-0.15, -0.1) is 0 Å². The zero-order valence-corrected chi connectivity index (χ0v) is 18.3. The topological polar surface area (TPSA) is 136 Å². The van der Waals surface area contributed by atoms with Gasteiger partial charge in [0.15, 0.2) is 0 Å². The van der Waals surface area contributed by atoms with E-state index >= 15 is 0 Å². The summed E-state index contributed by atoms with van der Waals surface area (Å²) in [6, 6.07) is 9.51. The molecule has 2 atom stereocenters. The maximum Gasteiger partial charge on any atom is 0.333 e. The average Bonchev–Trinajstić information content (AvgIpc) is 3.31. The fraction of sp³-hybridized carbons (Fsp3) is 0.300. The zero-order valence-electron chi connectivity index (χ0n) is 16.7. The van der Waals surface area contributed by atoms with Crippen LogP contribution in [0.2, 0.25) is 5.02 Å². The van der Waals surface area contributed by atoms with Gasteiger partial charge in [-0.2, -0.15) is 8.42 Å². The molecular formula is C20H22ClN5O4S. The van der Waals surface area contributed by atoms with Gasteiger partial charge in [-0.3, -0.25) is 4.18 Å². The van der Waals surface area contributed by atoms with Crippen LogP contribution in [0.1, 0.15) is 13.3 Å². The monoisotopic (exact) mass is 463 g/mol. The molecule has 1 aromatic carbocycles. The van der Waals surface area contributed by atoms with Gasteiger partial charge in [-0.1, -0.05) is 24.6 Å². The second-order valence-electron chi connectivity index (χ2n) is 7.36. The Morgan fingerprint density at radius 3 is 2.84 bits per heavy atom. The van der Waals surface area contributed by atoms with Crippen LogP contribution in [0, 0.1) is 5.92 Å². The van der Waals surface area contributed by atoms with E-state index in [2.05, 4.69) is 19.1 Å². The molecule has 0 aliphatic carbocycles. The van der Waals surface area contributed by atoms with Gasteiger partial charge >= 0.3 is 10.3 Å². The number of rotatable bonds is 8. The van der Waals surface area contributed by atoms with E-state index in [9.17, 15) is 13.5 Å². The third-order valence-electron chi connectivity index (χ3n) is 5.29. The molecule has 0 radical (unpaired) electrons. The van der Waals surface area contributed by atoms with E-state index in [4.69, 9.17) is 16.7 Å². The molecule has 0 aliphatic rings. The van der Waals surface area contributed by atoms with Gasteiger partial charge in [0.25, 0.3) is 0 Å². The van der Waals surface area contributed by atoms with Crippen molar-refractivity contribution in [1.29, 1.82) is 0 Å². The SMILES string of the molecule is CC[C@@H](COS(N)(=O)=O)[C@@H](O)Cn1ccc2c(-c3cc4ccc(Cl)cc4[nH]3)ncnc21. The van der Waals surface area contributed by atoms with Crippen molar-refractivity contribution in [2.24, 2.45) is 11.1 Å². The molecule has 0 bridgehead atoms. The summed E-state index contributed by atoms with van der Waals surface area (Å²) in [5.74, 6) is -0.407. The number of nitrogens with two attached hydrogens (primary N) is 1. The fourth-order valence-electron chi connectivity index (χ4n) is 3.63. The molecule has 0 aliphatic heterocycles. The molecular weight excluding hydrogens is 442 g/mol. The third kappa shape index (κ3) is 4.73. The molecule has 3 aromatic heterocycles. The van der Waals surface area contributed by atoms with Crippen molar-refractivity contribution >= 4 is 43.8 Å². The van der Waals surface area contributed by atoms with Crippen LogP contribution in [0.3, 0.4) is 0 Å². The summed E-state index contributed by atoms with van der Waals surface area (Å²) in [7, 11) is -4.06. The lowest BCUT2D eigenvalue weighted by molar-refractivity contribution is 0.0616. The van der Waals surface area contributed by atoms with E-state index in [1.54, 1.807) is 0 Å². The molecule has 0 saturated carbocycles. The maximum absolute atomic E-state index is 11.1. The Bertz CT molecular complexity index is 1330. The predicted octanol–water partition coefficient (Wildman–Crippen LogP) is 2.84. The van der Waals surface area contributed by atoms with Gasteiger partial charge in [0.2, 0.25) is 0 Å². The molecule has 0 fully saturated rings. The number of nitrogens with zero attached hydrogens (tertiary/aromatic N) is 3. The number of halogens is 1. The van der Waals surface area contributed by atoms with E-state index in [0.717, 1.165) is 27.7 Å². The highest BCUT2D eigenvalue weighted by atomic mass is 35.5. The molecule has 0 spiro atoms. The number of aromatic nitrogens is 4. The van der Waals surface area contributed by atoms with Crippen LogP contribution in [-0.2, 0) is 21.0 Å². The highest BCUT2D eigenvalue weighted by Crippen LogP contribution is 2.30. The molecule has 0 unspecified atom stereocenters. The number of aliphatic hydroxyl groups excluding tert-OH is 1. The molecule has 0 amide bonds. The van der Waals surface area contributed by atoms with Crippen molar-refractivity contribution in [1.82, 2.24) is 19.5 Å². The van der Waals surface area contributed by atoms with Crippen LogP contribution in [0.25, 0.3) is 33.3 Å². The number of aromatic amines is 1. The highest BCUT2D eigenvalue weighted by molar-refractivity contribution is 7.84. The number of H-pyrrole nitrogens is 1. The van der Waals surface area contributed by atoms with Crippen LogP contribution < -0.4 is 5.14 Å². The second-order valence-corrected chi connectivity index (χ2v) is 9.01. The molecule has 3 heterocycles. The Morgan fingerprint density at radius 2 is 2.10 bits per heavy atom. The smallest absolute Gasteiger partial charge is 0.333 e. The molecule has 4 rings (SSSR count). The first-order valence-corrected chi connectivity index (χ1v) is 11.5. The van der Waals surface area contributed by atoms with Crippen molar-refractivity contribution in [3.63, 3.8) is 0 Å². The largest absolute Gasteiger partial charge is 0.391 e. The first kappa shape index (κ1) is 21.7. The minimum atomic E-state index is -4.06. The van der Waals surface area contributed by atoms with E-state index in [1.165, 1.54) is 6.33 Å². The van der Waals surface area contributed by atoms with Gasteiger partial charge in [-0.05, 0) is 30.7 Å². The number of hydrogen-bond acceptors (Lipinski definition) is 6. The molecule has 164 valence electrons. The van der Waals surface area contributed by atoms with Gasteiger partial charge in [0.05, 0.1) is 30.6 Å². The van der Waals surface area contributed by atoms with Crippen LogP contribution in [0.15, 0.2) is 42.9 Å². The Morgan fingerprint density at radius 1 is 1.29 bits per heavy atom.